The number of nitrogens with two attached hydrogens (primary N) is 1. The number of fused-ring (bicyclic) bond motifs is 1. The van der Waals surface area contributed by atoms with Crippen molar-refractivity contribution in [3.05, 3.63) is 28.3 Å². The molecule has 14 heavy (non-hydrogen) atoms. The first kappa shape index (κ1) is 11.3. The highest BCUT2D eigenvalue weighted by Crippen LogP contribution is 2.39. The van der Waals surface area contributed by atoms with Crippen LogP contribution < -0.4 is 5.73 Å². The van der Waals surface area contributed by atoms with Gasteiger partial charge in [-0.2, -0.15) is 0 Å². The van der Waals surface area contributed by atoms with Gasteiger partial charge in [-0.05, 0) is 43.4 Å². The Morgan fingerprint density at radius 3 is 2.64 bits per heavy atom. The number of phenolic OH excluding ortho intramolecular Hbond substituents is 1. The summed E-state index contributed by atoms with van der Waals surface area (Å²) in [6, 6.07) is 2.07. The first-order valence-corrected chi connectivity index (χ1v) is 4.68. The molecular formula is C11H16ClNO. The molecule has 0 amide bonds. The Morgan fingerprint density at radius 1 is 1.36 bits per heavy atom. The maximum absolute atomic E-state index is 9.83. The Labute approximate surface area is 90.5 Å². The molecule has 2 rings (SSSR count). The van der Waals surface area contributed by atoms with Crippen molar-refractivity contribution in [3.8, 4) is 5.75 Å². The highest BCUT2D eigenvalue weighted by molar-refractivity contribution is 5.85. The lowest BCUT2D eigenvalue weighted by atomic mass is 9.99. The summed E-state index contributed by atoms with van der Waals surface area (Å²) in [7, 11) is 0. The zero-order chi connectivity index (χ0) is 9.59. The van der Waals surface area contributed by atoms with Crippen LogP contribution in [0.5, 0.6) is 5.75 Å². The number of benzene rings is 1. The van der Waals surface area contributed by atoms with Crippen molar-refractivity contribution in [2.75, 3.05) is 0 Å². The number of halogens is 1. The van der Waals surface area contributed by atoms with Crippen molar-refractivity contribution < 1.29 is 5.11 Å². The quantitative estimate of drug-likeness (QED) is 0.695. The fraction of sp³-hybridized carbons (Fsp3) is 0.455. The number of hydrogen-bond acceptors (Lipinski definition) is 2. The van der Waals surface area contributed by atoms with Gasteiger partial charge in [0.15, 0.2) is 0 Å². The maximum Gasteiger partial charge on any atom is 0.123 e. The maximum atomic E-state index is 9.83. The van der Waals surface area contributed by atoms with Gasteiger partial charge in [0.1, 0.15) is 5.75 Å². The molecule has 78 valence electrons. The molecule has 1 aromatic rings. The lowest BCUT2D eigenvalue weighted by molar-refractivity contribution is 0.459. The Hall–Kier alpha value is -0.730. The smallest absolute Gasteiger partial charge is 0.123 e. The fourth-order valence-electron chi connectivity index (χ4n) is 2.22. The molecule has 1 aromatic carbocycles. The molecule has 0 aromatic heterocycles. The van der Waals surface area contributed by atoms with Crippen LogP contribution in [0.3, 0.4) is 0 Å². The third-order valence-corrected chi connectivity index (χ3v) is 2.94. The van der Waals surface area contributed by atoms with Gasteiger partial charge < -0.3 is 10.8 Å². The van der Waals surface area contributed by atoms with Crippen LogP contribution >= 0.6 is 12.4 Å². The Kier molecular flexibility index (Phi) is 3.07. The average Bonchev–Trinajstić information content (AvgIpc) is 2.44. The monoisotopic (exact) mass is 213 g/mol. The van der Waals surface area contributed by atoms with Crippen molar-refractivity contribution in [3.63, 3.8) is 0 Å². The summed E-state index contributed by atoms with van der Waals surface area (Å²) in [6.45, 7) is 4.01. The first-order valence-electron chi connectivity index (χ1n) is 4.68. The summed E-state index contributed by atoms with van der Waals surface area (Å²) in [4.78, 5) is 0. The van der Waals surface area contributed by atoms with Gasteiger partial charge >= 0.3 is 0 Å². The van der Waals surface area contributed by atoms with Gasteiger partial charge in [-0.25, -0.2) is 0 Å². The zero-order valence-electron chi connectivity index (χ0n) is 8.50. The molecule has 0 aliphatic heterocycles. The van der Waals surface area contributed by atoms with Gasteiger partial charge in [0, 0.05) is 11.6 Å². The molecule has 0 saturated heterocycles. The molecule has 1 aliphatic rings. The van der Waals surface area contributed by atoms with E-state index in [1.54, 1.807) is 0 Å². The van der Waals surface area contributed by atoms with Crippen molar-refractivity contribution in [1.29, 1.82) is 0 Å². The van der Waals surface area contributed by atoms with Gasteiger partial charge in [-0.15, -0.1) is 12.4 Å². The molecule has 1 atom stereocenters. The lowest BCUT2D eigenvalue weighted by Crippen LogP contribution is -2.06. The number of aryl methyl sites for hydroxylation is 2. The molecule has 1 unspecified atom stereocenters. The van der Waals surface area contributed by atoms with Crippen LogP contribution in [-0.4, -0.2) is 5.11 Å². The number of phenols is 1. The largest absolute Gasteiger partial charge is 0.507 e. The van der Waals surface area contributed by atoms with E-state index in [0.29, 0.717) is 5.75 Å². The lowest BCUT2D eigenvalue weighted by Gasteiger charge is -2.12. The summed E-state index contributed by atoms with van der Waals surface area (Å²) in [5.41, 5.74) is 10.4. The van der Waals surface area contributed by atoms with E-state index in [-0.39, 0.29) is 18.4 Å². The predicted molar refractivity (Wildman–Crippen MR) is 60.1 cm³/mol. The van der Waals surface area contributed by atoms with Crippen LogP contribution in [0, 0.1) is 13.8 Å². The molecule has 0 fully saturated rings. The van der Waals surface area contributed by atoms with E-state index in [1.807, 2.05) is 13.0 Å². The van der Waals surface area contributed by atoms with Gasteiger partial charge in [0.05, 0.1) is 0 Å². The SMILES string of the molecule is Cc1cc(C)c2c(c1O)C(N)CC2.Cl. The molecule has 2 nitrogen and oxygen atoms in total. The van der Waals surface area contributed by atoms with E-state index in [4.69, 9.17) is 5.73 Å². The van der Waals surface area contributed by atoms with E-state index in [1.165, 1.54) is 11.1 Å². The highest BCUT2D eigenvalue weighted by Gasteiger charge is 2.24. The van der Waals surface area contributed by atoms with Crippen molar-refractivity contribution >= 4 is 12.4 Å². The Balaban J connectivity index is 0.000000980. The van der Waals surface area contributed by atoms with Crippen molar-refractivity contribution in [2.24, 2.45) is 5.73 Å². The fourth-order valence-corrected chi connectivity index (χ4v) is 2.22. The van der Waals surface area contributed by atoms with Crippen LogP contribution in [-0.2, 0) is 6.42 Å². The van der Waals surface area contributed by atoms with E-state index in [9.17, 15) is 5.11 Å². The topological polar surface area (TPSA) is 46.2 Å². The normalized spacial score (nSPS) is 18.9. The summed E-state index contributed by atoms with van der Waals surface area (Å²) in [6.07, 6.45) is 1.98. The molecule has 0 radical (unpaired) electrons. The first-order chi connectivity index (χ1) is 6.11. The Bertz CT molecular complexity index is 363. The van der Waals surface area contributed by atoms with Crippen LogP contribution in [0.4, 0.5) is 0 Å². The minimum absolute atomic E-state index is 0. The predicted octanol–water partition coefficient (Wildman–Crippen LogP) is 2.38. The minimum atomic E-state index is 0. The highest BCUT2D eigenvalue weighted by atomic mass is 35.5. The van der Waals surface area contributed by atoms with E-state index in [2.05, 4.69) is 6.92 Å². The van der Waals surface area contributed by atoms with Crippen LogP contribution in [0.25, 0.3) is 0 Å². The third-order valence-electron chi connectivity index (χ3n) is 2.94. The molecule has 3 heteroatoms. The van der Waals surface area contributed by atoms with E-state index in [0.717, 1.165) is 24.0 Å². The van der Waals surface area contributed by atoms with E-state index < -0.39 is 0 Å². The second-order valence-electron chi connectivity index (χ2n) is 3.90. The summed E-state index contributed by atoms with van der Waals surface area (Å²) < 4.78 is 0. The van der Waals surface area contributed by atoms with Crippen molar-refractivity contribution in [2.45, 2.75) is 32.7 Å². The zero-order valence-corrected chi connectivity index (χ0v) is 9.32. The van der Waals surface area contributed by atoms with Crippen LogP contribution in [0.2, 0.25) is 0 Å². The molecular weight excluding hydrogens is 198 g/mol. The van der Waals surface area contributed by atoms with Crippen molar-refractivity contribution in [1.82, 2.24) is 0 Å². The molecule has 0 heterocycles. The minimum Gasteiger partial charge on any atom is -0.507 e. The molecule has 0 bridgehead atoms. The third kappa shape index (κ3) is 1.49. The summed E-state index contributed by atoms with van der Waals surface area (Å²) >= 11 is 0. The molecule has 1 aliphatic carbocycles. The van der Waals surface area contributed by atoms with Crippen LogP contribution in [0.1, 0.15) is 34.7 Å². The summed E-state index contributed by atoms with van der Waals surface area (Å²) in [5.74, 6) is 0.408. The van der Waals surface area contributed by atoms with Gasteiger partial charge in [0.2, 0.25) is 0 Å². The number of hydrogen-bond donors (Lipinski definition) is 2. The van der Waals surface area contributed by atoms with Gasteiger partial charge in [-0.1, -0.05) is 6.07 Å². The van der Waals surface area contributed by atoms with Crippen LogP contribution in [0.15, 0.2) is 6.07 Å². The molecule has 3 N–H and O–H groups in total. The van der Waals surface area contributed by atoms with E-state index >= 15 is 0 Å². The second kappa shape index (κ2) is 3.79. The number of aromatic hydroxyl groups is 1. The standard InChI is InChI=1S/C11H15NO.ClH/c1-6-5-7(2)11(13)10-8(6)3-4-9(10)12;/h5,9,13H,3-4,12H2,1-2H3;1H. The Morgan fingerprint density at radius 2 is 2.00 bits per heavy atom. The average molecular weight is 214 g/mol. The van der Waals surface area contributed by atoms with Gasteiger partial charge in [0.25, 0.3) is 0 Å². The molecule has 0 saturated carbocycles. The summed E-state index contributed by atoms with van der Waals surface area (Å²) in [5, 5.41) is 9.83. The van der Waals surface area contributed by atoms with Gasteiger partial charge in [-0.3, -0.25) is 0 Å². The second-order valence-corrected chi connectivity index (χ2v) is 3.90. The number of rotatable bonds is 0. The molecule has 0 spiro atoms.